The van der Waals surface area contributed by atoms with Crippen molar-refractivity contribution in [2.45, 2.75) is 12.8 Å². The zero-order valence-electron chi connectivity index (χ0n) is 12.8. The Balaban J connectivity index is 1.78. The summed E-state index contributed by atoms with van der Waals surface area (Å²) < 4.78 is 19.2. The molecule has 2 saturated heterocycles. The van der Waals surface area contributed by atoms with Crippen LogP contribution in [0.3, 0.4) is 0 Å². The van der Waals surface area contributed by atoms with Crippen LogP contribution in [0, 0.1) is 21.3 Å². The van der Waals surface area contributed by atoms with Crippen LogP contribution in [0.2, 0.25) is 0 Å². The number of rotatable bonds is 3. The molecule has 0 aliphatic carbocycles. The molecule has 0 bridgehead atoms. The minimum absolute atomic E-state index is 0.103. The van der Waals surface area contributed by atoms with Gasteiger partial charge in [0.05, 0.1) is 23.8 Å². The molecule has 2 aliphatic rings. The van der Waals surface area contributed by atoms with E-state index in [1.54, 1.807) is 0 Å². The van der Waals surface area contributed by atoms with Gasteiger partial charge in [0.15, 0.2) is 11.6 Å². The first-order valence-electron chi connectivity index (χ1n) is 7.39. The molecule has 1 spiro atoms. The van der Waals surface area contributed by atoms with Crippen LogP contribution in [0.4, 0.5) is 15.8 Å². The lowest BCUT2D eigenvalue weighted by Gasteiger charge is -2.54. The second-order valence-corrected chi connectivity index (χ2v) is 6.39. The van der Waals surface area contributed by atoms with E-state index in [4.69, 9.17) is 4.74 Å². The summed E-state index contributed by atoms with van der Waals surface area (Å²) in [6.07, 6.45) is 2.23. The third-order valence-corrected chi connectivity index (χ3v) is 4.89. The number of halogens is 1. The van der Waals surface area contributed by atoms with Crippen molar-refractivity contribution in [1.82, 2.24) is 4.90 Å². The molecule has 2 heterocycles. The highest BCUT2D eigenvalue weighted by Crippen LogP contribution is 2.44. The van der Waals surface area contributed by atoms with Gasteiger partial charge >= 0.3 is 5.69 Å². The minimum atomic E-state index is -0.625. The first-order valence-corrected chi connectivity index (χ1v) is 7.39. The van der Waals surface area contributed by atoms with E-state index in [9.17, 15) is 14.5 Å². The molecule has 0 saturated carbocycles. The Hall–Kier alpha value is -1.89. The molecule has 7 heteroatoms. The second kappa shape index (κ2) is 5.39. The second-order valence-electron chi connectivity index (χ2n) is 6.39. The quantitative estimate of drug-likeness (QED) is 0.633. The van der Waals surface area contributed by atoms with E-state index in [2.05, 4.69) is 11.9 Å². The van der Waals surface area contributed by atoms with Crippen molar-refractivity contribution in [1.29, 1.82) is 0 Å². The number of nitrogens with zero attached hydrogens (tertiary/aromatic N) is 3. The van der Waals surface area contributed by atoms with E-state index in [1.807, 2.05) is 4.90 Å². The molecule has 22 heavy (non-hydrogen) atoms. The van der Waals surface area contributed by atoms with E-state index >= 15 is 0 Å². The van der Waals surface area contributed by atoms with Gasteiger partial charge in [-0.05, 0) is 33.0 Å². The summed E-state index contributed by atoms with van der Waals surface area (Å²) in [5.74, 6) is -0.457. The average molecular weight is 309 g/mol. The summed E-state index contributed by atoms with van der Waals surface area (Å²) in [4.78, 5) is 14.5. The number of methoxy groups -OCH3 is 1. The third-order valence-electron chi connectivity index (χ3n) is 4.89. The molecule has 0 amide bonds. The lowest BCUT2D eigenvalue weighted by atomic mass is 9.72. The van der Waals surface area contributed by atoms with Gasteiger partial charge in [-0.1, -0.05) is 0 Å². The van der Waals surface area contributed by atoms with E-state index < -0.39 is 10.7 Å². The maximum atomic E-state index is 14.2. The third kappa shape index (κ3) is 2.49. The van der Waals surface area contributed by atoms with Crippen LogP contribution in [0.15, 0.2) is 12.1 Å². The first kappa shape index (κ1) is 15.0. The number of nitro groups is 1. The number of ether oxygens (including phenoxy) is 1. The van der Waals surface area contributed by atoms with Crippen molar-refractivity contribution >= 4 is 11.4 Å². The van der Waals surface area contributed by atoms with Gasteiger partial charge in [-0.25, -0.2) is 4.39 Å². The van der Waals surface area contributed by atoms with Crippen LogP contribution in [0.1, 0.15) is 12.8 Å². The smallest absolute Gasteiger partial charge is 0.313 e. The Labute approximate surface area is 128 Å². The van der Waals surface area contributed by atoms with E-state index in [0.717, 1.165) is 45.1 Å². The SMILES string of the molecule is COc1cc(N2CC3(CCN(C)CC3)C2)c(F)cc1[N+](=O)[O-]. The first-order chi connectivity index (χ1) is 10.4. The van der Waals surface area contributed by atoms with E-state index in [-0.39, 0.29) is 16.9 Å². The molecule has 0 N–H and O–H groups in total. The molecule has 0 radical (unpaired) electrons. The largest absolute Gasteiger partial charge is 0.490 e. The molecule has 2 fully saturated rings. The zero-order valence-corrected chi connectivity index (χ0v) is 12.8. The number of hydrogen-bond donors (Lipinski definition) is 0. The summed E-state index contributed by atoms with van der Waals surface area (Å²) >= 11 is 0. The summed E-state index contributed by atoms with van der Waals surface area (Å²) in [7, 11) is 3.47. The lowest BCUT2D eigenvalue weighted by molar-refractivity contribution is -0.385. The number of nitro benzene ring substituents is 1. The number of anilines is 1. The predicted molar refractivity (Wildman–Crippen MR) is 81.0 cm³/mol. The average Bonchev–Trinajstić information content (AvgIpc) is 2.46. The summed E-state index contributed by atoms with van der Waals surface area (Å²) in [5.41, 5.74) is 0.332. The van der Waals surface area contributed by atoms with Crippen molar-refractivity contribution in [2.75, 3.05) is 45.2 Å². The zero-order chi connectivity index (χ0) is 15.9. The fourth-order valence-electron chi connectivity index (χ4n) is 3.42. The Morgan fingerprint density at radius 3 is 2.50 bits per heavy atom. The number of likely N-dealkylation sites (tertiary alicyclic amines) is 1. The highest BCUT2D eigenvalue weighted by molar-refractivity contribution is 5.61. The minimum Gasteiger partial charge on any atom is -0.490 e. The molecular formula is C15H20FN3O3. The maximum Gasteiger partial charge on any atom is 0.313 e. The van der Waals surface area contributed by atoms with Gasteiger partial charge in [-0.3, -0.25) is 10.1 Å². The van der Waals surface area contributed by atoms with Gasteiger partial charge in [0.1, 0.15) is 0 Å². The Bertz CT molecular complexity index is 592. The molecular weight excluding hydrogens is 289 g/mol. The van der Waals surface area contributed by atoms with E-state index in [1.165, 1.54) is 13.2 Å². The normalized spacial score (nSPS) is 20.8. The van der Waals surface area contributed by atoms with Crippen molar-refractivity contribution in [3.63, 3.8) is 0 Å². The molecule has 6 nitrogen and oxygen atoms in total. The highest BCUT2D eigenvalue weighted by Gasteiger charge is 2.45. The molecule has 120 valence electrons. The van der Waals surface area contributed by atoms with Gasteiger partial charge in [-0.2, -0.15) is 0 Å². The Morgan fingerprint density at radius 1 is 1.32 bits per heavy atom. The Kier molecular flexibility index (Phi) is 3.68. The fraction of sp³-hybridized carbons (Fsp3) is 0.600. The van der Waals surface area contributed by atoms with Crippen molar-refractivity contribution < 1.29 is 14.1 Å². The molecule has 0 unspecified atom stereocenters. The highest BCUT2D eigenvalue weighted by atomic mass is 19.1. The van der Waals surface area contributed by atoms with Crippen LogP contribution in [-0.2, 0) is 0 Å². The summed E-state index contributed by atoms with van der Waals surface area (Å²) in [6.45, 7) is 3.75. The number of hydrogen-bond acceptors (Lipinski definition) is 5. The van der Waals surface area contributed by atoms with Gasteiger partial charge < -0.3 is 14.5 Å². The monoisotopic (exact) mass is 309 g/mol. The number of piperidine rings is 1. The lowest BCUT2D eigenvalue weighted by Crippen LogP contribution is -2.60. The van der Waals surface area contributed by atoms with Gasteiger partial charge in [0.2, 0.25) is 0 Å². The fourth-order valence-corrected chi connectivity index (χ4v) is 3.42. The molecule has 0 atom stereocenters. The van der Waals surface area contributed by atoms with Gasteiger partial charge in [-0.15, -0.1) is 0 Å². The molecule has 0 aromatic heterocycles. The topological polar surface area (TPSA) is 58.8 Å². The Morgan fingerprint density at radius 2 is 1.95 bits per heavy atom. The van der Waals surface area contributed by atoms with Crippen LogP contribution in [0.25, 0.3) is 0 Å². The molecule has 1 aromatic carbocycles. The van der Waals surface area contributed by atoms with Gasteiger partial charge in [0, 0.05) is 24.6 Å². The van der Waals surface area contributed by atoms with Crippen LogP contribution >= 0.6 is 0 Å². The summed E-state index contributed by atoms with van der Waals surface area (Å²) in [6, 6.07) is 2.39. The summed E-state index contributed by atoms with van der Waals surface area (Å²) in [5, 5.41) is 10.9. The molecule has 3 rings (SSSR count). The van der Waals surface area contributed by atoms with Gasteiger partial charge in [0.25, 0.3) is 0 Å². The predicted octanol–water partition coefficient (Wildman–Crippen LogP) is 2.27. The molecule has 1 aromatic rings. The molecule has 2 aliphatic heterocycles. The maximum absolute atomic E-state index is 14.2. The van der Waals surface area contributed by atoms with Crippen molar-refractivity contribution in [2.24, 2.45) is 5.41 Å². The van der Waals surface area contributed by atoms with Crippen LogP contribution in [0.5, 0.6) is 5.75 Å². The van der Waals surface area contributed by atoms with Crippen LogP contribution in [-0.4, -0.2) is 50.2 Å². The van der Waals surface area contributed by atoms with Crippen molar-refractivity contribution in [3.05, 3.63) is 28.1 Å². The van der Waals surface area contributed by atoms with Crippen molar-refractivity contribution in [3.8, 4) is 5.75 Å². The number of benzene rings is 1. The standard InChI is InChI=1S/C15H20FN3O3/c1-17-5-3-15(4-6-17)9-18(10-15)12-8-14(22-2)13(19(20)21)7-11(12)16/h7-8H,3-6,9-10H2,1-2H3. The van der Waals surface area contributed by atoms with E-state index in [0.29, 0.717) is 5.69 Å². The van der Waals surface area contributed by atoms with Crippen LogP contribution < -0.4 is 9.64 Å².